The first-order valence-corrected chi connectivity index (χ1v) is 5.78. The average Bonchev–Trinajstić information content (AvgIpc) is 2.15. The number of benzene rings is 1. The molecular weight excluding hydrogens is 183 g/mol. The summed E-state index contributed by atoms with van der Waals surface area (Å²) < 4.78 is 10.5. The molecule has 0 aliphatic carbocycles. The van der Waals surface area contributed by atoms with Crippen LogP contribution in [0.4, 0.5) is 0 Å². The third-order valence-corrected chi connectivity index (χ3v) is 2.76. The first-order valence-electron chi connectivity index (χ1n) is 4.38. The molecule has 0 saturated carbocycles. The summed E-state index contributed by atoms with van der Waals surface area (Å²) in [5, 5.41) is 0. The molecule has 0 fully saturated rings. The van der Waals surface area contributed by atoms with E-state index in [1.54, 1.807) is 0 Å². The van der Waals surface area contributed by atoms with E-state index in [1.165, 1.54) is 5.56 Å². The summed E-state index contributed by atoms with van der Waals surface area (Å²) >= 11 is 0. The van der Waals surface area contributed by atoms with Gasteiger partial charge in [-0.15, -0.1) is 0 Å². The van der Waals surface area contributed by atoms with Gasteiger partial charge in [-0.1, -0.05) is 37.3 Å². The van der Waals surface area contributed by atoms with Crippen molar-refractivity contribution in [3.8, 4) is 0 Å². The van der Waals surface area contributed by atoms with Crippen LogP contribution in [0.15, 0.2) is 30.3 Å². The van der Waals surface area contributed by atoms with Gasteiger partial charge in [0.1, 0.15) is 0 Å². The summed E-state index contributed by atoms with van der Waals surface area (Å²) in [6.45, 7) is 2.08. The van der Waals surface area contributed by atoms with E-state index in [9.17, 15) is 4.57 Å². The summed E-state index contributed by atoms with van der Waals surface area (Å²) in [6.07, 6.45) is 1.17. The van der Waals surface area contributed by atoms with Crippen LogP contribution in [0.2, 0.25) is 0 Å². The van der Waals surface area contributed by atoms with Crippen molar-refractivity contribution < 1.29 is 9.46 Å². The fraction of sp³-hybridized carbons (Fsp3) is 0.400. The van der Waals surface area contributed by atoms with Gasteiger partial charge in [0.15, 0.2) is 6.16 Å². The molecule has 3 heteroatoms. The quantitative estimate of drug-likeness (QED) is 0.753. The second kappa shape index (κ2) is 5.11. The number of rotatable bonds is 4. The van der Waals surface area contributed by atoms with E-state index in [1.807, 2.05) is 18.2 Å². The molecule has 2 unspecified atom stereocenters. The van der Waals surface area contributed by atoms with Crippen molar-refractivity contribution in [3.63, 3.8) is 0 Å². The van der Waals surface area contributed by atoms with Gasteiger partial charge < -0.3 is 0 Å². The monoisotopic (exact) mass is 197 g/mol. The maximum Gasteiger partial charge on any atom is 0.505 e. The zero-order valence-electron chi connectivity index (χ0n) is 7.68. The molecule has 0 bridgehead atoms. The Balaban J connectivity index is 2.49. The lowest BCUT2D eigenvalue weighted by Crippen LogP contribution is -1.94. The number of hydrogen-bond acceptors (Lipinski definition) is 1. The Morgan fingerprint density at radius 1 is 1.38 bits per heavy atom. The Hall–Kier alpha value is -0.720. The topological polar surface area (TPSA) is 37.3 Å². The molecular formula is C10H14O2P+. The van der Waals surface area contributed by atoms with Gasteiger partial charge in [0.2, 0.25) is 0 Å². The average molecular weight is 197 g/mol. The van der Waals surface area contributed by atoms with Gasteiger partial charge in [0.25, 0.3) is 0 Å². The minimum absolute atomic E-state index is 0.368. The molecule has 1 N–H and O–H groups in total. The van der Waals surface area contributed by atoms with Crippen molar-refractivity contribution in [2.75, 3.05) is 6.16 Å². The van der Waals surface area contributed by atoms with Crippen LogP contribution in [0, 0.1) is 0 Å². The van der Waals surface area contributed by atoms with Crippen molar-refractivity contribution in [2.45, 2.75) is 19.3 Å². The van der Waals surface area contributed by atoms with Gasteiger partial charge in [0.05, 0.1) is 0 Å². The Labute approximate surface area is 79.5 Å². The van der Waals surface area contributed by atoms with E-state index >= 15 is 0 Å². The predicted molar refractivity (Wildman–Crippen MR) is 54.2 cm³/mol. The Bertz CT molecular complexity index is 272. The molecule has 0 saturated heterocycles. The summed E-state index contributed by atoms with van der Waals surface area (Å²) in [6, 6.07) is 10.1. The third kappa shape index (κ3) is 3.67. The van der Waals surface area contributed by atoms with Crippen molar-refractivity contribution >= 4 is 8.03 Å². The van der Waals surface area contributed by atoms with E-state index in [4.69, 9.17) is 4.89 Å². The van der Waals surface area contributed by atoms with Gasteiger partial charge in [-0.05, 0) is 16.0 Å². The lowest BCUT2D eigenvalue weighted by molar-refractivity contribution is 0.498. The molecule has 2 nitrogen and oxygen atoms in total. The molecule has 0 aliphatic heterocycles. The summed E-state index contributed by atoms with van der Waals surface area (Å²) in [4.78, 5) is 8.66. The van der Waals surface area contributed by atoms with Crippen LogP contribution < -0.4 is 0 Å². The largest absolute Gasteiger partial charge is 0.505 e. The highest BCUT2D eigenvalue weighted by Crippen LogP contribution is 2.24. The van der Waals surface area contributed by atoms with Crippen molar-refractivity contribution in [2.24, 2.45) is 0 Å². The van der Waals surface area contributed by atoms with Crippen molar-refractivity contribution in [1.29, 1.82) is 0 Å². The van der Waals surface area contributed by atoms with Gasteiger partial charge in [-0.25, -0.2) is 0 Å². The van der Waals surface area contributed by atoms with E-state index in [0.29, 0.717) is 12.1 Å². The smallest absolute Gasteiger partial charge is 0.161 e. The zero-order chi connectivity index (χ0) is 9.68. The van der Waals surface area contributed by atoms with Gasteiger partial charge in [0, 0.05) is 6.42 Å². The van der Waals surface area contributed by atoms with Crippen molar-refractivity contribution in [1.82, 2.24) is 0 Å². The molecule has 1 aromatic carbocycles. The minimum Gasteiger partial charge on any atom is -0.161 e. The Morgan fingerprint density at radius 3 is 2.54 bits per heavy atom. The molecule has 0 aliphatic rings. The normalized spacial score (nSPS) is 13.8. The van der Waals surface area contributed by atoms with E-state index in [2.05, 4.69) is 19.1 Å². The Morgan fingerprint density at radius 2 is 2.00 bits per heavy atom. The molecule has 2 atom stereocenters. The summed E-state index contributed by atoms with van der Waals surface area (Å²) in [5.41, 5.74) is 1.24. The predicted octanol–water partition coefficient (Wildman–Crippen LogP) is 2.91. The molecule has 0 aromatic heterocycles. The second-order valence-corrected chi connectivity index (χ2v) is 4.33. The molecule has 1 rings (SSSR count). The van der Waals surface area contributed by atoms with Crippen LogP contribution in [-0.4, -0.2) is 11.1 Å². The molecule has 0 amide bonds. The fourth-order valence-electron chi connectivity index (χ4n) is 1.25. The van der Waals surface area contributed by atoms with E-state index in [-0.39, 0.29) is 0 Å². The Kier molecular flexibility index (Phi) is 4.07. The standard InChI is InChI=1S/C10H13O2P/c1-9(7-8-13(11)12)10-5-3-2-4-6-10/h2-6,9H,7-8H2,1H3/p+1. The van der Waals surface area contributed by atoms with Gasteiger partial charge in [-0.3, -0.25) is 0 Å². The zero-order valence-corrected chi connectivity index (χ0v) is 8.58. The first-order chi connectivity index (χ1) is 6.20. The van der Waals surface area contributed by atoms with Crippen LogP contribution in [0.25, 0.3) is 0 Å². The highest BCUT2D eigenvalue weighted by Gasteiger charge is 2.13. The molecule has 0 spiro atoms. The lowest BCUT2D eigenvalue weighted by atomic mass is 9.99. The van der Waals surface area contributed by atoms with E-state index < -0.39 is 8.03 Å². The van der Waals surface area contributed by atoms with Crippen molar-refractivity contribution in [3.05, 3.63) is 35.9 Å². The second-order valence-electron chi connectivity index (χ2n) is 3.18. The summed E-state index contributed by atoms with van der Waals surface area (Å²) in [7, 11) is -1.97. The van der Waals surface area contributed by atoms with Crippen LogP contribution >= 0.6 is 8.03 Å². The summed E-state index contributed by atoms with van der Waals surface area (Å²) in [5.74, 6) is 0.368. The molecule has 70 valence electrons. The lowest BCUT2D eigenvalue weighted by Gasteiger charge is -2.07. The first kappa shape index (κ1) is 10.4. The van der Waals surface area contributed by atoms with E-state index in [0.717, 1.165) is 6.42 Å². The molecule has 0 radical (unpaired) electrons. The maximum absolute atomic E-state index is 10.5. The van der Waals surface area contributed by atoms with Crippen LogP contribution in [0.5, 0.6) is 0 Å². The highest BCUT2D eigenvalue weighted by atomic mass is 31.1. The molecule has 13 heavy (non-hydrogen) atoms. The number of hydrogen-bond donors (Lipinski definition) is 1. The third-order valence-electron chi connectivity index (χ3n) is 2.12. The van der Waals surface area contributed by atoms with Crippen LogP contribution in [0.3, 0.4) is 0 Å². The SMILES string of the molecule is CC(CC[P+](=O)O)c1ccccc1. The minimum atomic E-state index is -1.97. The van der Waals surface area contributed by atoms with Gasteiger partial charge >= 0.3 is 8.03 Å². The molecule has 1 aromatic rings. The van der Waals surface area contributed by atoms with Gasteiger partial charge in [-0.2, -0.15) is 4.89 Å². The maximum atomic E-state index is 10.5. The highest BCUT2D eigenvalue weighted by molar-refractivity contribution is 7.37. The molecule has 0 heterocycles. The van der Waals surface area contributed by atoms with Crippen LogP contribution in [0.1, 0.15) is 24.8 Å². The van der Waals surface area contributed by atoms with Crippen LogP contribution in [-0.2, 0) is 4.57 Å². The fourth-order valence-corrected chi connectivity index (χ4v) is 1.86.